The zero-order valence-electron chi connectivity index (χ0n) is 12.7. The number of thioether (sulfide) groups is 1. The van der Waals surface area contributed by atoms with Gasteiger partial charge in [-0.15, -0.1) is 0 Å². The fourth-order valence-corrected chi connectivity index (χ4v) is 3.67. The second-order valence-corrected chi connectivity index (χ2v) is 7.42. The summed E-state index contributed by atoms with van der Waals surface area (Å²) in [6.07, 6.45) is 2.56. The predicted molar refractivity (Wildman–Crippen MR) is 79.9 cm³/mol. The molecule has 0 atom stereocenters. The van der Waals surface area contributed by atoms with E-state index in [9.17, 15) is 14.4 Å². The molecule has 1 N–H and O–H groups in total. The van der Waals surface area contributed by atoms with E-state index in [1.54, 1.807) is 25.6 Å². The Bertz CT molecular complexity index is 460. The molecular weight excluding hydrogens is 292 g/mol. The van der Waals surface area contributed by atoms with Crippen LogP contribution in [0.1, 0.15) is 33.1 Å². The van der Waals surface area contributed by atoms with Crippen LogP contribution in [0.25, 0.3) is 0 Å². The molecule has 0 radical (unpaired) electrons. The van der Waals surface area contributed by atoms with Crippen molar-refractivity contribution in [2.45, 2.75) is 38.6 Å². The molecule has 1 saturated carbocycles. The van der Waals surface area contributed by atoms with Gasteiger partial charge in [0.1, 0.15) is 5.54 Å². The number of hydrogen-bond acceptors (Lipinski definition) is 5. The van der Waals surface area contributed by atoms with Crippen LogP contribution in [0, 0.1) is 5.41 Å². The molecule has 0 spiro atoms. The average molecular weight is 314 g/mol. The van der Waals surface area contributed by atoms with Crippen LogP contribution < -0.4 is 5.32 Å². The van der Waals surface area contributed by atoms with Crippen LogP contribution >= 0.6 is 11.8 Å². The predicted octanol–water partition coefficient (Wildman–Crippen LogP) is 1.39. The van der Waals surface area contributed by atoms with Gasteiger partial charge in [-0.3, -0.25) is 14.5 Å². The minimum Gasteiger partial charge on any atom is -0.469 e. The van der Waals surface area contributed by atoms with Gasteiger partial charge in [-0.1, -0.05) is 0 Å². The van der Waals surface area contributed by atoms with Crippen molar-refractivity contribution < 1.29 is 19.1 Å². The summed E-state index contributed by atoms with van der Waals surface area (Å²) in [5.41, 5.74) is -0.724. The van der Waals surface area contributed by atoms with Crippen LogP contribution in [0.15, 0.2) is 0 Å². The minimum atomic E-state index is -0.801. The topological polar surface area (TPSA) is 75.7 Å². The normalized spacial score (nSPS) is 22.1. The van der Waals surface area contributed by atoms with Crippen molar-refractivity contribution in [3.63, 3.8) is 0 Å². The van der Waals surface area contributed by atoms with Crippen molar-refractivity contribution >= 4 is 29.7 Å². The fourth-order valence-electron chi connectivity index (χ4n) is 2.39. The first-order valence-corrected chi connectivity index (χ1v) is 8.24. The molecule has 0 unspecified atom stereocenters. The van der Waals surface area contributed by atoms with Crippen molar-refractivity contribution in [1.29, 1.82) is 0 Å². The number of methoxy groups -OCH3 is 1. The monoisotopic (exact) mass is 314 g/mol. The summed E-state index contributed by atoms with van der Waals surface area (Å²) in [5.74, 6) is 1.22. The SMILES string of the molecule is COC(=O)CC1(CSCCN2C(=O)NC(C)(C)C2=O)CC1. The van der Waals surface area contributed by atoms with Gasteiger partial charge in [0.15, 0.2) is 0 Å². The standard InChI is InChI=1S/C14H22N2O4S/c1-13(2)11(18)16(12(19)15-13)6-7-21-9-14(4-5-14)8-10(17)20-3/h4-9H2,1-3H3,(H,15,19). The molecule has 0 aromatic rings. The summed E-state index contributed by atoms with van der Waals surface area (Å²) in [5, 5.41) is 2.66. The number of urea groups is 1. The number of rotatable bonds is 7. The third-order valence-corrected chi connectivity index (χ3v) is 5.30. The van der Waals surface area contributed by atoms with Crippen LogP contribution in [0.5, 0.6) is 0 Å². The third kappa shape index (κ3) is 3.70. The van der Waals surface area contributed by atoms with Crippen molar-refractivity contribution in [1.82, 2.24) is 10.2 Å². The molecule has 0 bridgehead atoms. The van der Waals surface area contributed by atoms with Crippen molar-refractivity contribution in [3.8, 4) is 0 Å². The second-order valence-electron chi connectivity index (χ2n) is 6.32. The maximum Gasteiger partial charge on any atom is 0.325 e. The molecule has 1 saturated heterocycles. The quantitative estimate of drug-likeness (QED) is 0.437. The maximum atomic E-state index is 12.0. The molecule has 7 heteroatoms. The number of imide groups is 1. The molecule has 1 aliphatic carbocycles. The van der Waals surface area contributed by atoms with Crippen molar-refractivity contribution in [3.05, 3.63) is 0 Å². The Morgan fingerprint density at radius 3 is 2.52 bits per heavy atom. The Morgan fingerprint density at radius 1 is 1.38 bits per heavy atom. The highest BCUT2D eigenvalue weighted by Gasteiger charge is 2.45. The number of nitrogens with one attached hydrogen (secondary N) is 1. The number of carbonyl (C=O) groups excluding carboxylic acids is 3. The number of carbonyl (C=O) groups is 3. The molecule has 0 aromatic heterocycles. The molecule has 1 heterocycles. The van der Waals surface area contributed by atoms with Gasteiger partial charge in [-0.25, -0.2) is 4.79 Å². The molecule has 2 fully saturated rings. The van der Waals surface area contributed by atoms with Gasteiger partial charge < -0.3 is 10.1 Å². The Morgan fingerprint density at radius 2 is 2.05 bits per heavy atom. The summed E-state index contributed by atoms with van der Waals surface area (Å²) in [6.45, 7) is 3.82. The molecule has 21 heavy (non-hydrogen) atoms. The number of ether oxygens (including phenoxy) is 1. The van der Waals surface area contributed by atoms with Crippen LogP contribution in [-0.2, 0) is 14.3 Å². The highest BCUT2D eigenvalue weighted by atomic mass is 32.2. The number of esters is 1. The van der Waals surface area contributed by atoms with Crippen LogP contribution in [0.3, 0.4) is 0 Å². The largest absolute Gasteiger partial charge is 0.469 e. The van der Waals surface area contributed by atoms with Gasteiger partial charge in [0, 0.05) is 12.3 Å². The van der Waals surface area contributed by atoms with Gasteiger partial charge >= 0.3 is 12.0 Å². The van der Waals surface area contributed by atoms with Crippen LogP contribution in [0.4, 0.5) is 4.79 Å². The molecule has 6 nitrogen and oxygen atoms in total. The zero-order chi connectivity index (χ0) is 15.7. The van der Waals surface area contributed by atoms with E-state index in [2.05, 4.69) is 5.32 Å². The minimum absolute atomic E-state index is 0.0777. The summed E-state index contributed by atoms with van der Waals surface area (Å²) in [7, 11) is 1.41. The number of hydrogen-bond donors (Lipinski definition) is 1. The molecular formula is C14H22N2O4S. The molecule has 0 aromatic carbocycles. The first-order chi connectivity index (χ1) is 9.80. The van der Waals surface area contributed by atoms with Crippen LogP contribution in [-0.4, -0.2) is 53.5 Å². The first kappa shape index (κ1) is 16.1. The second kappa shape index (κ2) is 5.87. The maximum absolute atomic E-state index is 12.0. The lowest BCUT2D eigenvalue weighted by Crippen LogP contribution is -2.40. The smallest absolute Gasteiger partial charge is 0.325 e. The summed E-state index contributed by atoms with van der Waals surface area (Å²) in [6, 6.07) is -0.318. The van der Waals surface area contributed by atoms with E-state index < -0.39 is 5.54 Å². The van der Waals surface area contributed by atoms with E-state index in [1.807, 2.05) is 0 Å². The van der Waals surface area contributed by atoms with E-state index in [0.29, 0.717) is 18.7 Å². The third-order valence-electron chi connectivity index (χ3n) is 4.02. The highest BCUT2D eigenvalue weighted by Crippen LogP contribution is 2.51. The van der Waals surface area contributed by atoms with Gasteiger partial charge in [0.25, 0.3) is 5.91 Å². The molecule has 3 amide bonds. The van der Waals surface area contributed by atoms with Crippen molar-refractivity contribution in [2.24, 2.45) is 5.41 Å². The van der Waals surface area contributed by atoms with E-state index in [1.165, 1.54) is 12.0 Å². The van der Waals surface area contributed by atoms with E-state index >= 15 is 0 Å². The van der Waals surface area contributed by atoms with Gasteiger partial charge in [-0.05, 0) is 37.9 Å². The van der Waals surface area contributed by atoms with E-state index in [-0.39, 0.29) is 23.3 Å². The Balaban J connectivity index is 1.72. The molecule has 2 rings (SSSR count). The Hall–Kier alpha value is -1.24. The Kier molecular flexibility index (Phi) is 4.51. The van der Waals surface area contributed by atoms with Gasteiger partial charge in [0.2, 0.25) is 0 Å². The first-order valence-electron chi connectivity index (χ1n) is 7.08. The Labute approximate surface area is 129 Å². The van der Waals surface area contributed by atoms with Gasteiger partial charge in [0.05, 0.1) is 13.5 Å². The zero-order valence-corrected chi connectivity index (χ0v) is 13.5. The number of nitrogens with zero attached hydrogens (tertiary/aromatic N) is 1. The van der Waals surface area contributed by atoms with E-state index in [4.69, 9.17) is 4.74 Å². The summed E-state index contributed by atoms with van der Waals surface area (Å²) >= 11 is 1.68. The fraction of sp³-hybridized carbons (Fsp3) is 0.786. The molecule has 1 aliphatic heterocycles. The summed E-state index contributed by atoms with van der Waals surface area (Å²) in [4.78, 5) is 36.3. The van der Waals surface area contributed by atoms with Crippen molar-refractivity contribution in [2.75, 3.05) is 25.2 Å². The van der Waals surface area contributed by atoms with E-state index in [0.717, 1.165) is 18.6 Å². The molecule has 2 aliphatic rings. The average Bonchev–Trinajstić information content (AvgIpc) is 3.12. The van der Waals surface area contributed by atoms with Crippen LogP contribution in [0.2, 0.25) is 0 Å². The molecule has 118 valence electrons. The lowest BCUT2D eigenvalue weighted by molar-refractivity contribution is -0.141. The van der Waals surface area contributed by atoms with Gasteiger partial charge in [-0.2, -0.15) is 11.8 Å². The number of amides is 3. The highest BCUT2D eigenvalue weighted by molar-refractivity contribution is 7.99. The lowest BCUT2D eigenvalue weighted by atomic mass is 10.1. The lowest BCUT2D eigenvalue weighted by Gasteiger charge is -2.17. The summed E-state index contributed by atoms with van der Waals surface area (Å²) < 4.78 is 4.71.